The summed E-state index contributed by atoms with van der Waals surface area (Å²) in [6.07, 6.45) is 1.42. The highest BCUT2D eigenvalue weighted by molar-refractivity contribution is 9.10. The van der Waals surface area contributed by atoms with Gasteiger partial charge < -0.3 is 5.11 Å². The third kappa shape index (κ3) is 2.94. The van der Waals surface area contributed by atoms with Crippen molar-refractivity contribution in [1.29, 1.82) is 0 Å². The van der Waals surface area contributed by atoms with Crippen molar-refractivity contribution in [2.24, 2.45) is 0 Å². The second kappa shape index (κ2) is 5.87. The van der Waals surface area contributed by atoms with Gasteiger partial charge in [0.1, 0.15) is 0 Å². The number of nitrogens with zero attached hydrogens (tertiary/aromatic N) is 1. The summed E-state index contributed by atoms with van der Waals surface area (Å²) in [7, 11) is 0. The van der Waals surface area contributed by atoms with Gasteiger partial charge in [-0.3, -0.25) is 4.98 Å². The van der Waals surface area contributed by atoms with Crippen LogP contribution >= 0.6 is 27.7 Å². The molecule has 0 amide bonds. The lowest BCUT2D eigenvalue weighted by atomic mass is 10.1. The molecule has 0 radical (unpaired) electrons. The number of hydrogen-bond acceptors (Lipinski definition) is 3. The molecule has 0 unspecified atom stereocenters. The van der Waals surface area contributed by atoms with Gasteiger partial charge in [-0.05, 0) is 30.3 Å². The Balaban J connectivity index is 2.16. The van der Waals surface area contributed by atoms with Crippen molar-refractivity contribution in [3.8, 4) is 0 Å². The Morgan fingerprint density at radius 3 is 2.52 bits per heavy atom. The Kier molecular flexibility index (Phi) is 3.94. The first-order valence-electron chi connectivity index (χ1n) is 6.19. The standard InChI is InChI=1S/C16H10BrNO2S/c17-10-5-7-11(8-6-10)21-15-12-3-1-2-4-14(12)18-9-13(15)16(19)20/h1-9H,(H,19,20). The number of aromatic carboxylic acids is 1. The molecular formula is C16H10BrNO2S. The second-order valence-electron chi connectivity index (χ2n) is 4.38. The van der Waals surface area contributed by atoms with Crippen molar-refractivity contribution >= 4 is 44.6 Å². The third-order valence-electron chi connectivity index (χ3n) is 2.99. The van der Waals surface area contributed by atoms with Gasteiger partial charge >= 0.3 is 5.97 Å². The monoisotopic (exact) mass is 359 g/mol. The van der Waals surface area contributed by atoms with E-state index >= 15 is 0 Å². The van der Waals surface area contributed by atoms with E-state index in [2.05, 4.69) is 20.9 Å². The minimum atomic E-state index is -0.965. The Morgan fingerprint density at radius 1 is 1.10 bits per heavy atom. The molecule has 0 saturated carbocycles. The third-order valence-corrected chi connectivity index (χ3v) is 4.67. The highest BCUT2D eigenvalue weighted by Gasteiger charge is 2.15. The molecule has 1 heterocycles. The van der Waals surface area contributed by atoms with Gasteiger partial charge in [-0.1, -0.05) is 45.9 Å². The van der Waals surface area contributed by atoms with Crippen LogP contribution in [0.3, 0.4) is 0 Å². The number of fused-ring (bicyclic) bond motifs is 1. The molecule has 0 aliphatic rings. The quantitative estimate of drug-likeness (QED) is 0.726. The van der Waals surface area contributed by atoms with E-state index in [-0.39, 0.29) is 5.56 Å². The van der Waals surface area contributed by atoms with Gasteiger partial charge in [0, 0.05) is 25.8 Å². The fourth-order valence-electron chi connectivity index (χ4n) is 2.00. The van der Waals surface area contributed by atoms with E-state index in [1.54, 1.807) is 0 Å². The number of carbonyl (C=O) groups is 1. The summed E-state index contributed by atoms with van der Waals surface area (Å²) in [6, 6.07) is 15.3. The number of aromatic nitrogens is 1. The molecule has 2 aromatic carbocycles. The molecule has 1 N–H and O–H groups in total. The largest absolute Gasteiger partial charge is 0.478 e. The maximum absolute atomic E-state index is 11.4. The fourth-order valence-corrected chi connectivity index (χ4v) is 3.30. The number of para-hydroxylation sites is 1. The molecule has 3 aromatic rings. The van der Waals surface area contributed by atoms with Crippen LogP contribution in [-0.2, 0) is 0 Å². The van der Waals surface area contributed by atoms with Crippen molar-refractivity contribution in [3.05, 3.63) is 64.8 Å². The molecule has 0 atom stereocenters. The van der Waals surface area contributed by atoms with Crippen molar-refractivity contribution in [2.45, 2.75) is 9.79 Å². The predicted octanol–water partition coefficient (Wildman–Crippen LogP) is 4.85. The molecular weight excluding hydrogens is 350 g/mol. The zero-order valence-corrected chi connectivity index (χ0v) is 13.2. The fraction of sp³-hybridized carbons (Fsp3) is 0. The highest BCUT2D eigenvalue weighted by Crippen LogP contribution is 2.36. The number of carboxylic acid groups (broad SMARTS) is 1. The van der Waals surface area contributed by atoms with E-state index < -0.39 is 5.97 Å². The van der Waals surface area contributed by atoms with Crippen molar-refractivity contribution in [2.75, 3.05) is 0 Å². The predicted molar refractivity (Wildman–Crippen MR) is 87.0 cm³/mol. The Hall–Kier alpha value is -1.85. The summed E-state index contributed by atoms with van der Waals surface area (Å²) in [5.41, 5.74) is 1.02. The van der Waals surface area contributed by atoms with Gasteiger partial charge in [0.25, 0.3) is 0 Å². The van der Waals surface area contributed by atoms with Crippen LogP contribution in [-0.4, -0.2) is 16.1 Å². The summed E-state index contributed by atoms with van der Waals surface area (Å²) in [6.45, 7) is 0. The van der Waals surface area contributed by atoms with Gasteiger partial charge in [0.15, 0.2) is 0 Å². The molecule has 0 spiro atoms. The van der Waals surface area contributed by atoms with Gasteiger partial charge in [0.05, 0.1) is 11.1 Å². The van der Waals surface area contributed by atoms with Crippen LogP contribution in [0.15, 0.2) is 69.0 Å². The summed E-state index contributed by atoms with van der Waals surface area (Å²) in [4.78, 5) is 17.4. The van der Waals surface area contributed by atoms with E-state index in [1.807, 2.05) is 48.5 Å². The topological polar surface area (TPSA) is 50.2 Å². The number of pyridine rings is 1. The molecule has 0 aliphatic heterocycles. The molecule has 0 aliphatic carbocycles. The minimum absolute atomic E-state index is 0.224. The molecule has 1 aromatic heterocycles. The van der Waals surface area contributed by atoms with E-state index in [4.69, 9.17) is 0 Å². The van der Waals surface area contributed by atoms with E-state index in [1.165, 1.54) is 18.0 Å². The Labute approximate surface area is 134 Å². The first-order valence-corrected chi connectivity index (χ1v) is 7.80. The van der Waals surface area contributed by atoms with Crippen molar-refractivity contribution < 1.29 is 9.90 Å². The average Bonchev–Trinajstić information content (AvgIpc) is 2.49. The lowest BCUT2D eigenvalue weighted by molar-refractivity contribution is 0.0693. The zero-order valence-electron chi connectivity index (χ0n) is 10.8. The summed E-state index contributed by atoms with van der Waals surface area (Å²) in [5, 5.41) is 10.2. The number of benzene rings is 2. The number of halogens is 1. The van der Waals surface area contributed by atoms with Crippen molar-refractivity contribution in [3.63, 3.8) is 0 Å². The lowest BCUT2D eigenvalue weighted by Crippen LogP contribution is -2.00. The number of rotatable bonds is 3. The normalized spacial score (nSPS) is 10.7. The first kappa shape index (κ1) is 14.1. The van der Waals surface area contributed by atoms with Crippen LogP contribution < -0.4 is 0 Å². The molecule has 5 heteroatoms. The molecule has 0 bridgehead atoms. The lowest BCUT2D eigenvalue weighted by Gasteiger charge is -2.09. The highest BCUT2D eigenvalue weighted by atomic mass is 79.9. The van der Waals surface area contributed by atoms with Crippen molar-refractivity contribution in [1.82, 2.24) is 4.98 Å². The summed E-state index contributed by atoms with van der Waals surface area (Å²) in [5.74, 6) is -0.965. The second-order valence-corrected chi connectivity index (χ2v) is 6.38. The van der Waals surface area contributed by atoms with E-state index in [9.17, 15) is 9.90 Å². The van der Waals surface area contributed by atoms with E-state index in [0.29, 0.717) is 0 Å². The van der Waals surface area contributed by atoms with Crippen LogP contribution in [0.25, 0.3) is 10.9 Å². The maximum Gasteiger partial charge on any atom is 0.338 e. The SMILES string of the molecule is O=C(O)c1cnc2ccccc2c1Sc1ccc(Br)cc1. The molecule has 3 rings (SSSR count). The summed E-state index contributed by atoms with van der Waals surface area (Å²) < 4.78 is 0.991. The van der Waals surface area contributed by atoms with Crippen LogP contribution in [0.4, 0.5) is 0 Å². The van der Waals surface area contributed by atoms with Crippen LogP contribution in [0, 0.1) is 0 Å². The molecule has 21 heavy (non-hydrogen) atoms. The van der Waals surface area contributed by atoms with Gasteiger partial charge in [0.2, 0.25) is 0 Å². The Morgan fingerprint density at radius 2 is 1.81 bits per heavy atom. The number of carboxylic acids is 1. The summed E-state index contributed by atoms with van der Waals surface area (Å²) >= 11 is 4.83. The van der Waals surface area contributed by atoms with Gasteiger partial charge in [-0.15, -0.1) is 0 Å². The smallest absolute Gasteiger partial charge is 0.338 e. The number of hydrogen-bond donors (Lipinski definition) is 1. The van der Waals surface area contributed by atoms with Gasteiger partial charge in [-0.25, -0.2) is 4.79 Å². The van der Waals surface area contributed by atoms with Crippen LogP contribution in [0.2, 0.25) is 0 Å². The minimum Gasteiger partial charge on any atom is -0.478 e. The Bertz CT molecular complexity index is 818. The van der Waals surface area contributed by atoms with E-state index in [0.717, 1.165) is 25.2 Å². The van der Waals surface area contributed by atoms with Crippen LogP contribution in [0.1, 0.15) is 10.4 Å². The molecule has 104 valence electrons. The average molecular weight is 360 g/mol. The molecule has 0 saturated heterocycles. The maximum atomic E-state index is 11.4. The zero-order chi connectivity index (χ0) is 14.8. The molecule has 0 fully saturated rings. The first-order chi connectivity index (χ1) is 10.1. The molecule has 3 nitrogen and oxygen atoms in total. The van der Waals surface area contributed by atoms with Crippen LogP contribution in [0.5, 0.6) is 0 Å². The van der Waals surface area contributed by atoms with Gasteiger partial charge in [-0.2, -0.15) is 0 Å².